The van der Waals surface area contributed by atoms with Crippen molar-refractivity contribution in [2.45, 2.75) is 19.8 Å². The molecule has 1 amide bonds. The number of ether oxygens (including phenoxy) is 2. The first-order valence-corrected chi connectivity index (χ1v) is 9.62. The fourth-order valence-corrected chi connectivity index (χ4v) is 4.09. The van der Waals surface area contributed by atoms with Crippen LogP contribution >= 0.6 is 36.2 Å². The number of hydrogen-bond donors (Lipinski definition) is 2. The van der Waals surface area contributed by atoms with Gasteiger partial charge in [-0.2, -0.15) is 0 Å². The Morgan fingerprint density at radius 2 is 2.04 bits per heavy atom. The third-order valence-corrected chi connectivity index (χ3v) is 5.79. The number of hydrogen-bond acceptors (Lipinski definition) is 6. The second-order valence-electron chi connectivity index (χ2n) is 6.43. The Balaban J connectivity index is 0.00000196. The molecule has 1 aromatic heterocycles. The van der Waals surface area contributed by atoms with Crippen molar-refractivity contribution in [3.05, 3.63) is 28.8 Å². The number of piperidine rings is 1. The average molecular weight is 448 g/mol. The van der Waals surface area contributed by atoms with Gasteiger partial charge >= 0.3 is 0 Å². The fourth-order valence-electron chi connectivity index (χ4n) is 3.12. The van der Waals surface area contributed by atoms with E-state index in [2.05, 4.69) is 15.6 Å². The molecule has 156 valence electrons. The van der Waals surface area contributed by atoms with Crippen LogP contribution < -0.4 is 20.1 Å². The van der Waals surface area contributed by atoms with Gasteiger partial charge in [0.1, 0.15) is 9.88 Å². The van der Waals surface area contributed by atoms with Crippen LogP contribution in [0.1, 0.15) is 28.2 Å². The number of aromatic nitrogens is 1. The SMILES string of the molecule is COc1ccc(-c2nc(C)c(C(=O)NCC3CCCNC3)s2)cc1OC.Cl.Cl. The Hall–Kier alpha value is -1.54. The number of aryl methyl sites for hydroxylation is 1. The number of methoxy groups -OCH3 is 2. The van der Waals surface area contributed by atoms with Gasteiger partial charge < -0.3 is 20.1 Å². The quantitative estimate of drug-likeness (QED) is 0.705. The maximum absolute atomic E-state index is 12.6. The highest BCUT2D eigenvalue weighted by atomic mass is 35.5. The van der Waals surface area contributed by atoms with Crippen LogP contribution in [0.3, 0.4) is 0 Å². The summed E-state index contributed by atoms with van der Waals surface area (Å²) in [5, 5.41) is 7.23. The van der Waals surface area contributed by atoms with Gasteiger partial charge in [-0.1, -0.05) is 0 Å². The Labute approximate surface area is 182 Å². The zero-order valence-corrected chi connectivity index (χ0v) is 18.7. The Kier molecular flexibility index (Phi) is 10.0. The first kappa shape index (κ1) is 24.5. The van der Waals surface area contributed by atoms with Crippen LogP contribution in [0.4, 0.5) is 0 Å². The van der Waals surface area contributed by atoms with Gasteiger partial charge in [-0.25, -0.2) is 4.98 Å². The van der Waals surface area contributed by atoms with Crippen molar-refractivity contribution in [3.8, 4) is 22.1 Å². The largest absolute Gasteiger partial charge is 0.493 e. The maximum Gasteiger partial charge on any atom is 0.263 e. The van der Waals surface area contributed by atoms with E-state index in [4.69, 9.17) is 9.47 Å². The van der Waals surface area contributed by atoms with Gasteiger partial charge in [0.05, 0.1) is 19.9 Å². The summed E-state index contributed by atoms with van der Waals surface area (Å²) in [6, 6.07) is 5.65. The lowest BCUT2D eigenvalue weighted by atomic mass is 10.00. The Morgan fingerprint density at radius 3 is 2.68 bits per heavy atom. The Bertz CT molecular complexity index is 780. The zero-order chi connectivity index (χ0) is 18.5. The summed E-state index contributed by atoms with van der Waals surface area (Å²) in [6.45, 7) is 4.62. The molecular weight excluding hydrogens is 421 g/mol. The van der Waals surface area contributed by atoms with E-state index >= 15 is 0 Å². The van der Waals surface area contributed by atoms with Crippen molar-refractivity contribution >= 4 is 42.1 Å². The number of halogens is 2. The van der Waals surface area contributed by atoms with Crippen molar-refractivity contribution in [2.24, 2.45) is 5.92 Å². The minimum absolute atomic E-state index is 0. The molecule has 2 aromatic rings. The molecule has 1 aromatic carbocycles. The number of carbonyl (C=O) groups is 1. The van der Waals surface area contributed by atoms with E-state index in [0.29, 0.717) is 28.8 Å². The molecule has 1 aliphatic rings. The van der Waals surface area contributed by atoms with E-state index in [9.17, 15) is 4.79 Å². The van der Waals surface area contributed by atoms with Crippen molar-refractivity contribution in [2.75, 3.05) is 33.9 Å². The Morgan fingerprint density at radius 1 is 1.29 bits per heavy atom. The van der Waals surface area contributed by atoms with Gasteiger partial charge in [0.15, 0.2) is 11.5 Å². The summed E-state index contributed by atoms with van der Waals surface area (Å²) in [7, 11) is 3.21. The first-order valence-electron chi connectivity index (χ1n) is 8.81. The van der Waals surface area contributed by atoms with Crippen molar-refractivity contribution in [1.82, 2.24) is 15.6 Å². The first-order chi connectivity index (χ1) is 12.6. The van der Waals surface area contributed by atoms with Gasteiger partial charge in [-0.05, 0) is 57.0 Å². The highest BCUT2D eigenvalue weighted by Crippen LogP contribution is 2.35. The van der Waals surface area contributed by atoms with Crippen LogP contribution in [0.5, 0.6) is 11.5 Å². The van der Waals surface area contributed by atoms with Crippen LogP contribution in [0.2, 0.25) is 0 Å². The van der Waals surface area contributed by atoms with Crippen molar-refractivity contribution in [1.29, 1.82) is 0 Å². The predicted molar refractivity (Wildman–Crippen MR) is 118 cm³/mol. The summed E-state index contributed by atoms with van der Waals surface area (Å²) in [5.74, 6) is 1.78. The number of nitrogens with zero attached hydrogens (tertiary/aromatic N) is 1. The molecule has 0 bridgehead atoms. The molecule has 0 saturated carbocycles. The number of thiazole rings is 1. The number of benzene rings is 1. The maximum atomic E-state index is 12.6. The molecule has 6 nitrogen and oxygen atoms in total. The molecule has 0 aliphatic carbocycles. The lowest BCUT2D eigenvalue weighted by Crippen LogP contribution is -2.38. The smallest absolute Gasteiger partial charge is 0.263 e. The summed E-state index contributed by atoms with van der Waals surface area (Å²) in [6.07, 6.45) is 2.33. The molecule has 2 N–H and O–H groups in total. The van der Waals surface area contributed by atoms with Crippen molar-refractivity contribution < 1.29 is 14.3 Å². The number of carbonyl (C=O) groups excluding carboxylic acids is 1. The highest BCUT2D eigenvalue weighted by Gasteiger charge is 2.19. The van der Waals surface area contributed by atoms with E-state index in [0.717, 1.165) is 35.8 Å². The number of rotatable bonds is 6. The molecule has 1 fully saturated rings. The topological polar surface area (TPSA) is 72.5 Å². The molecular formula is C19H27Cl2N3O3S. The van der Waals surface area contributed by atoms with E-state index < -0.39 is 0 Å². The van der Waals surface area contributed by atoms with Crippen LogP contribution in [0.25, 0.3) is 10.6 Å². The summed E-state index contributed by atoms with van der Waals surface area (Å²) in [5.41, 5.74) is 1.66. The number of amides is 1. The van der Waals surface area contributed by atoms with E-state index in [-0.39, 0.29) is 30.7 Å². The molecule has 2 heterocycles. The van der Waals surface area contributed by atoms with Crippen LogP contribution in [-0.2, 0) is 0 Å². The summed E-state index contributed by atoms with van der Waals surface area (Å²) >= 11 is 1.40. The predicted octanol–water partition coefficient (Wildman–Crippen LogP) is 3.71. The highest BCUT2D eigenvalue weighted by molar-refractivity contribution is 7.17. The molecule has 3 rings (SSSR count). The van der Waals surface area contributed by atoms with E-state index in [1.165, 1.54) is 17.8 Å². The van der Waals surface area contributed by atoms with Crippen molar-refractivity contribution in [3.63, 3.8) is 0 Å². The molecule has 0 spiro atoms. The molecule has 1 saturated heterocycles. The normalized spacial score (nSPS) is 15.8. The molecule has 9 heteroatoms. The van der Waals surface area contributed by atoms with Gasteiger partial charge in [-0.3, -0.25) is 4.79 Å². The molecule has 1 aliphatic heterocycles. The van der Waals surface area contributed by atoms with Crippen LogP contribution in [0.15, 0.2) is 18.2 Å². The van der Waals surface area contributed by atoms with Gasteiger partial charge in [0.2, 0.25) is 0 Å². The lowest BCUT2D eigenvalue weighted by molar-refractivity contribution is 0.0948. The minimum Gasteiger partial charge on any atom is -0.493 e. The molecule has 28 heavy (non-hydrogen) atoms. The van der Waals surface area contributed by atoms with Gasteiger partial charge in [0.25, 0.3) is 5.91 Å². The van der Waals surface area contributed by atoms with E-state index in [1.807, 2.05) is 25.1 Å². The molecule has 0 radical (unpaired) electrons. The third kappa shape index (κ3) is 5.73. The van der Waals surface area contributed by atoms with Gasteiger partial charge in [-0.15, -0.1) is 36.2 Å². The second kappa shape index (κ2) is 11.5. The second-order valence-corrected chi connectivity index (χ2v) is 7.42. The summed E-state index contributed by atoms with van der Waals surface area (Å²) in [4.78, 5) is 17.8. The van der Waals surface area contributed by atoms with Gasteiger partial charge in [0, 0.05) is 12.1 Å². The summed E-state index contributed by atoms with van der Waals surface area (Å²) < 4.78 is 10.6. The van der Waals surface area contributed by atoms with E-state index in [1.54, 1.807) is 14.2 Å². The van der Waals surface area contributed by atoms with Crippen LogP contribution in [-0.4, -0.2) is 44.7 Å². The number of nitrogens with one attached hydrogen (secondary N) is 2. The fraction of sp³-hybridized carbons (Fsp3) is 0.474. The standard InChI is InChI=1S/C19H25N3O3S.2ClH/c1-12-17(18(23)21-11-13-5-4-8-20-10-13)26-19(22-12)14-6-7-15(24-2)16(9-14)25-3;;/h6-7,9,13,20H,4-5,8,10-11H2,1-3H3,(H,21,23);2*1H. The average Bonchev–Trinajstić information content (AvgIpc) is 3.08. The monoisotopic (exact) mass is 447 g/mol. The lowest BCUT2D eigenvalue weighted by Gasteiger charge is -2.22. The molecule has 1 atom stereocenters. The molecule has 1 unspecified atom stereocenters. The zero-order valence-electron chi connectivity index (χ0n) is 16.2. The van der Waals surface area contributed by atoms with Crippen LogP contribution in [0, 0.1) is 12.8 Å². The third-order valence-electron chi connectivity index (χ3n) is 4.58. The minimum atomic E-state index is -0.0442.